The van der Waals surface area contributed by atoms with Crippen molar-refractivity contribution in [1.29, 1.82) is 5.26 Å². The van der Waals surface area contributed by atoms with Crippen molar-refractivity contribution in [2.75, 3.05) is 0 Å². The average molecular weight is 217 g/mol. The Balaban J connectivity index is 2.41. The normalized spacial score (nSPS) is 9.60. The first kappa shape index (κ1) is 11.9. The van der Waals surface area contributed by atoms with Gasteiger partial charge in [-0.3, -0.25) is 0 Å². The lowest BCUT2D eigenvalue weighted by Crippen LogP contribution is -1.96. The number of unbranched alkanes of at least 4 members (excludes halogenated alkanes) is 2. The van der Waals surface area contributed by atoms with Gasteiger partial charge in [-0.2, -0.15) is 5.26 Å². The summed E-state index contributed by atoms with van der Waals surface area (Å²) in [7, 11) is 0. The highest BCUT2D eigenvalue weighted by molar-refractivity contribution is 7.80. The zero-order valence-electron chi connectivity index (χ0n) is 8.99. The maximum absolute atomic E-state index is 8.40. The van der Waals surface area contributed by atoms with Crippen LogP contribution in [-0.2, 0) is 0 Å². The van der Waals surface area contributed by atoms with E-state index in [4.69, 9.17) is 17.5 Å². The van der Waals surface area contributed by atoms with Gasteiger partial charge in [0.15, 0.2) is 0 Å². The van der Waals surface area contributed by atoms with Crippen LogP contribution < -0.4 is 0 Å². The summed E-state index contributed by atoms with van der Waals surface area (Å²) in [6.45, 7) is 2.07. The molecule has 0 fully saturated rings. The lowest BCUT2D eigenvalue weighted by atomic mass is 10.0. The molecular weight excluding hydrogens is 202 g/mol. The molecule has 0 aromatic heterocycles. The summed E-state index contributed by atoms with van der Waals surface area (Å²) in [5.74, 6) is 0. The Morgan fingerprint density at radius 3 is 2.53 bits per heavy atom. The van der Waals surface area contributed by atoms with E-state index in [0.29, 0.717) is 6.42 Å². The van der Waals surface area contributed by atoms with Crippen molar-refractivity contribution in [3.8, 4) is 6.07 Å². The molecule has 2 heteroatoms. The number of hydrogen-bond donors (Lipinski definition) is 0. The Bertz CT molecular complexity index is 359. The van der Waals surface area contributed by atoms with Gasteiger partial charge < -0.3 is 0 Å². The second kappa shape index (κ2) is 6.31. The predicted molar refractivity (Wildman–Crippen MR) is 67.0 cm³/mol. The highest BCUT2D eigenvalue weighted by atomic mass is 32.1. The number of nitrogens with zero attached hydrogens (tertiary/aromatic N) is 1. The van der Waals surface area contributed by atoms with Gasteiger partial charge in [0, 0.05) is 11.3 Å². The quantitative estimate of drug-likeness (QED) is 0.425. The van der Waals surface area contributed by atoms with E-state index < -0.39 is 0 Å². The van der Waals surface area contributed by atoms with Gasteiger partial charge in [0.05, 0.1) is 6.07 Å². The first-order valence-corrected chi connectivity index (χ1v) is 5.61. The van der Waals surface area contributed by atoms with Crippen molar-refractivity contribution in [3.63, 3.8) is 0 Å². The fourth-order valence-corrected chi connectivity index (χ4v) is 1.65. The van der Waals surface area contributed by atoms with Gasteiger partial charge in [-0.1, -0.05) is 42.0 Å². The summed E-state index contributed by atoms with van der Waals surface area (Å²) in [6, 6.07) is 10.4. The van der Waals surface area contributed by atoms with Crippen LogP contribution in [0.2, 0.25) is 0 Å². The summed E-state index contributed by atoms with van der Waals surface area (Å²) in [4.78, 5) is 1.01. The van der Waals surface area contributed by atoms with Crippen molar-refractivity contribution in [2.45, 2.75) is 32.6 Å². The van der Waals surface area contributed by atoms with Crippen molar-refractivity contribution in [3.05, 3.63) is 35.4 Å². The number of nitriles is 1. The molecule has 0 aliphatic rings. The minimum absolute atomic E-state index is 0.635. The SMILES string of the molecule is Cc1ccc(C(=S)CCCCC#N)cc1. The van der Waals surface area contributed by atoms with Crippen LogP contribution in [0.4, 0.5) is 0 Å². The first-order valence-electron chi connectivity index (χ1n) is 5.21. The minimum Gasteiger partial charge on any atom is -0.198 e. The van der Waals surface area contributed by atoms with Gasteiger partial charge >= 0.3 is 0 Å². The van der Waals surface area contributed by atoms with E-state index >= 15 is 0 Å². The third-order valence-electron chi connectivity index (χ3n) is 2.32. The Morgan fingerprint density at radius 2 is 1.93 bits per heavy atom. The van der Waals surface area contributed by atoms with Gasteiger partial charge in [0.25, 0.3) is 0 Å². The highest BCUT2D eigenvalue weighted by Crippen LogP contribution is 2.10. The third kappa shape index (κ3) is 4.22. The van der Waals surface area contributed by atoms with Crippen LogP contribution in [-0.4, -0.2) is 4.86 Å². The Kier molecular flexibility index (Phi) is 5.00. The van der Waals surface area contributed by atoms with Crippen LogP contribution >= 0.6 is 12.2 Å². The fraction of sp³-hybridized carbons (Fsp3) is 0.385. The molecule has 1 aromatic carbocycles. The third-order valence-corrected chi connectivity index (χ3v) is 2.76. The van der Waals surface area contributed by atoms with Gasteiger partial charge in [0.2, 0.25) is 0 Å². The molecule has 1 rings (SSSR count). The summed E-state index contributed by atoms with van der Waals surface area (Å²) in [6.07, 6.45) is 3.51. The molecule has 0 amide bonds. The van der Waals surface area contributed by atoms with Crippen molar-refractivity contribution >= 4 is 17.1 Å². The van der Waals surface area contributed by atoms with Gasteiger partial charge in [0.1, 0.15) is 0 Å². The van der Waals surface area contributed by atoms with Crippen molar-refractivity contribution < 1.29 is 0 Å². The molecule has 78 valence electrons. The van der Waals surface area contributed by atoms with E-state index in [1.54, 1.807) is 0 Å². The monoisotopic (exact) mass is 217 g/mol. The summed E-state index contributed by atoms with van der Waals surface area (Å²) in [5.41, 5.74) is 2.40. The summed E-state index contributed by atoms with van der Waals surface area (Å²) < 4.78 is 0. The average Bonchev–Trinajstić information content (AvgIpc) is 2.25. The van der Waals surface area contributed by atoms with E-state index in [9.17, 15) is 0 Å². The molecule has 0 bridgehead atoms. The molecule has 0 saturated heterocycles. The van der Waals surface area contributed by atoms with Crippen molar-refractivity contribution in [1.82, 2.24) is 0 Å². The van der Waals surface area contributed by atoms with E-state index in [1.165, 1.54) is 5.56 Å². The number of benzene rings is 1. The molecule has 0 aliphatic heterocycles. The predicted octanol–water partition coefficient (Wildman–Crippen LogP) is 3.80. The molecule has 1 aromatic rings. The van der Waals surface area contributed by atoms with E-state index in [-0.39, 0.29) is 0 Å². The maximum Gasteiger partial charge on any atom is 0.0621 e. The minimum atomic E-state index is 0.635. The van der Waals surface area contributed by atoms with Crippen LogP contribution in [0.5, 0.6) is 0 Å². The van der Waals surface area contributed by atoms with Crippen LogP contribution in [0.25, 0.3) is 0 Å². The van der Waals surface area contributed by atoms with Crippen LogP contribution in [0, 0.1) is 18.3 Å². The van der Waals surface area contributed by atoms with Crippen LogP contribution in [0.1, 0.15) is 36.8 Å². The molecule has 0 aliphatic carbocycles. The molecule has 0 heterocycles. The van der Waals surface area contributed by atoms with Gasteiger partial charge in [-0.15, -0.1) is 0 Å². The molecule has 0 unspecified atom stereocenters. The van der Waals surface area contributed by atoms with Gasteiger partial charge in [-0.25, -0.2) is 0 Å². The number of thiocarbonyl (C=S) groups is 1. The van der Waals surface area contributed by atoms with E-state index in [0.717, 1.165) is 29.7 Å². The smallest absolute Gasteiger partial charge is 0.0621 e. The fourth-order valence-electron chi connectivity index (χ4n) is 1.37. The molecule has 1 nitrogen and oxygen atoms in total. The molecule has 0 saturated carbocycles. The zero-order chi connectivity index (χ0) is 11.1. The van der Waals surface area contributed by atoms with Crippen LogP contribution in [0.15, 0.2) is 24.3 Å². The lowest BCUT2D eigenvalue weighted by molar-refractivity contribution is 0.788. The molecule has 0 N–H and O–H groups in total. The molecule has 0 radical (unpaired) electrons. The first-order chi connectivity index (χ1) is 7.24. The second-order valence-electron chi connectivity index (χ2n) is 3.65. The summed E-state index contributed by atoms with van der Waals surface area (Å²) >= 11 is 5.33. The molecule has 15 heavy (non-hydrogen) atoms. The standard InChI is InChI=1S/C13H15NS/c1-11-6-8-12(9-7-11)13(15)5-3-2-4-10-14/h6-9H,2-5H2,1H3. The number of aryl methyl sites for hydroxylation is 1. The van der Waals surface area contributed by atoms with Gasteiger partial charge in [-0.05, 0) is 31.7 Å². The van der Waals surface area contributed by atoms with E-state index in [1.807, 2.05) is 0 Å². The highest BCUT2D eigenvalue weighted by Gasteiger charge is 2.00. The Labute approximate surface area is 96.7 Å². The second-order valence-corrected chi connectivity index (χ2v) is 4.15. The van der Waals surface area contributed by atoms with Crippen molar-refractivity contribution in [2.24, 2.45) is 0 Å². The Morgan fingerprint density at radius 1 is 1.27 bits per heavy atom. The number of rotatable bonds is 5. The lowest BCUT2D eigenvalue weighted by Gasteiger charge is -2.03. The maximum atomic E-state index is 8.40. The van der Waals surface area contributed by atoms with E-state index in [2.05, 4.69) is 37.3 Å². The molecular formula is C13H15NS. The van der Waals surface area contributed by atoms with Crippen LogP contribution in [0.3, 0.4) is 0 Å². The number of hydrogen-bond acceptors (Lipinski definition) is 2. The largest absolute Gasteiger partial charge is 0.198 e. The summed E-state index contributed by atoms with van der Waals surface area (Å²) in [5, 5.41) is 8.40. The topological polar surface area (TPSA) is 23.8 Å². The zero-order valence-corrected chi connectivity index (χ0v) is 9.81. The molecule has 0 spiro atoms. The Hall–Kier alpha value is -1.20. The molecule has 0 atom stereocenters.